The number of rotatable bonds is 4. The summed E-state index contributed by atoms with van der Waals surface area (Å²) in [5, 5.41) is 4.65. The van der Waals surface area contributed by atoms with Crippen molar-refractivity contribution in [1.82, 2.24) is 10.3 Å². The van der Waals surface area contributed by atoms with E-state index in [1.165, 1.54) is 20.8 Å². The summed E-state index contributed by atoms with van der Waals surface area (Å²) >= 11 is 1.81. The first-order chi connectivity index (χ1) is 7.70. The van der Waals surface area contributed by atoms with Gasteiger partial charge in [-0.05, 0) is 32.0 Å². The van der Waals surface area contributed by atoms with Crippen LogP contribution in [-0.2, 0) is 6.42 Å². The number of aromatic nitrogens is 1. The molecule has 0 bridgehead atoms. The van der Waals surface area contributed by atoms with Crippen molar-refractivity contribution in [2.75, 3.05) is 6.54 Å². The number of hydrogen-bond acceptors (Lipinski definition) is 3. The quantitative estimate of drug-likeness (QED) is 0.879. The Balaban J connectivity index is 2.23. The van der Waals surface area contributed by atoms with Gasteiger partial charge < -0.3 is 5.32 Å². The molecule has 0 aliphatic rings. The Morgan fingerprint density at radius 1 is 1.44 bits per heavy atom. The standard InChI is InChI=1S/C13H18N2S/c1-4-14-10(3)8-12-15-13-9(2)6-5-7-11(13)16-12/h5-7,10,14H,4,8H2,1-3H3. The van der Waals surface area contributed by atoms with Crippen LogP contribution < -0.4 is 5.32 Å². The lowest BCUT2D eigenvalue weighted by atomic mass is 10.2. The van der Waals surface area contributed by atoms with Gasteiger partial charge in [0.25, 0.3) is 0 Å². The van der Waals surface area contributed by atoms with Gasteiger partial charge in [-0.1, -0.05) is 19.1 Å². The van der Waals surface area contributed by atoms with E-state index in [1.54, 1.807) is 0 Å². The number of fused-ring (bicyclic) bond motifs is 1. The Labute approximate surface area is 101 Å². The third-order valence-electron chi connectivity index (χ3n) is 2.70. The fourth-order valence-electron chi connectivity index (χ4n) is 1.90. The third-order valence-corrected chi connectivity index (χ3v) is 3.74. The molecule has 0 spiro atoms. The van der Waals surface area contributed by atoms with Crippen LogP contribution in [0.25, 0.3) is 10.2 Å². The molecule has 0 fully saturated rings. The van der Waals surface area contributed by atoms with Crippen LogP contribution in [0.2, 0.25) is 0 Å². The Morgan fingerprint density at radius 2 is 2.25 bits per heavy atom. The zero-order valence-corrected chi connectivity index (χ0v) is 10.9. The molecule has 0 amide bonds. The summed E-state index contributed by atoms with van der Waals surface area (Å²) in [6.07, 6.45) is 1.02. The Hall–Kier alpha value is -0.930. The number of thiazole rings is 1. The van der Waals surface area contributed by atoms with Gasteiger partial charge in [0.05, 0.1) is 15.2 Å². The van der Waals surface area contributed by atoms with Crippen LogP contribution in [0.3, 0.4) is 0 Å². The summed E-state index contributed by atoms with van der Waals surface area (Å²) in [5.74, 6) is 0. The monoisotopic (exact) mass is 234 g/mol. The molecule has 1 aromatic heterocycles. The Kier molecular flexibility index (Phi) is 3.56. The second-order valence-corrected chi connectivity index (χ2v) is 5.31. The molecule has 2 nitrogen and oxygen atoms in total. The lowest BCUT2D eigenvalue weighted by Crippen LogP contribution is -2.27. The zero-order valence-electron chi connectivity index (χ0n) is 10.1. The number of nitrogens with zero attached hydrogens (tertiary/aromatic N) is 1. The number of hydrogen-bond donors (Lipinski definition) is 1. The zero-order chi connectivity index (χ0) is 11.5. The van der Waals surface area contributed by atoms with Crippen LogP contribution in [0.5, 0.6) is 0 Å². The van der Waals surface area contributed by atoms with Crippen molar-refractivity contribution in [3.63, 3.8) is 0 Å². The van der Waals surface area contributed by atoms with E-state index in [-0.39, 0.29) is 0 Å². The molecule has 0 aliphatic carbocycles. The molecule has 0 saturated carbocycles. The molecular formula is C13H18N2S. The molecule has 2 rings (SSSR count). The highest BCUT2D eigenvalue weighted by Gasteiger charge is 2.08. The lowest BCUT2D eigenvalue weighted by molar-refractivity contribution is 0.564. The first-order valence-electron chi connectivity index (χ1n) is 5.79. The van der Waals surface area contributed by atoms with Gasteiger partial charge in [-0.25, -0.2) is 4.98 Å². The van der Waals surface area contributed by atoms with Gasteiger partial charge in [0.15, 0.2) is 0 Å². The molecule has 1 unspecified atom stereocenters. The highest BCUT2D eigenvalue weighted by atomic mass is 32.1. The predicted octanol–water partition coefficient (Wildman–Crippen LogP) is 3.15. The Morgan fingerprint density at radius 3 is 2.94 bits per heavy atom. The summed E-state index contributed by atoms with van der Waals surface area (Å²) in [6.45, 7) is 7.49. The summed E-state index contributed by atoms with van der Waals surface area (Å²) in [5.41, 5.74) is 2.45. The lowest BCUT2D eigenvalue weighted by Gasteiger charge is -2.09. The van der Waals surface area contributed by atoms with Crippen molar-refractivity contribution in [3.8, 4) is 0 Å². The molecule has 1 heterocycles. The summed E-state index contributed by atoms with van der Waals surface area (Å²) in [7, 11) is 0. The molecule has 16 heavy (non-hydrogen) atoms. The minimum atomic E-state index is 0.505. The molecule has 0 saturated heterocycles. The number of nitrogens with one attached hydrogen (secondary N) is 1. The second-order valence-electron chi connectivity index (χ2n) is 4.19. The molecule has 1 aromatic carbocycles. The first-order valence-corrected chi connectivity index (χ1v) is 6.60. The molecule has 0 radical (unpaired) electrons. The molecule has 3 heteroatoms. The van der Waals surface area contributed by atoms with E-state index in [0.29, 0.717) is 6.04 Å². The number of benzene rings is 1. The molecule has 0 aliphatic heterocycles. The maximum absolute atomic E-state index is 4.71. The van der Waals surface area contributed by atoms with Crippen molar-refractivity contribution in [3.05, 3.63) is 28.8 Å². The maximum atomic E-state index is 4.71. The van der Waals surface area contributed by atoms with Gasteiger partial charge in [-0.3, -0.25) is 0 Å². The van der Waals surface area contributed by atoms with Crippen LogP contribution in [0, 0.1) is 6.92 Å². The van der Waals surface area contributed by atoms with E-state index < -0.39 is 0 Å². The summed E-state index contributed by atoms with van der Waals surface area (Å²) in [6, 6.07) is 6.89. The highest BCUT2D eigenvalue weighted by Crippen LogP contribution is 2.25. The molecule has 2 aromatic rings. The van der Waals surface area contributed by atoms with Gasteiger partial charge in [0, 0.05) is 12.5 Å². The van der Waals surface area contributed by atoms with Gasteiger partial charge in [-0.15, -0.1) is 11.3 Å². The van der Waals surface area contributed by atoms with Gasteiger partial charge in [-0.2, -0.15) is 0 Å². The van der Waals surface area contributed by atoms with E-state index in [0.717, 1.165) is 13.0 Å². The maximum Gasteiger partial charge on any atom is 0.0954 e. The molecule has 86 valence electrons. The number of para-hydroxylation sites is 1. The van der Waals surface area contributed by atoms with E-state index in [2.05, 4.69) is 44.3 Å². The van der Waals surface area contributed by atoms with Crippen LogP contribution in [-0.4, -0.2) is 17.6 Å². The molecule has 1 N–H and O–H groups in total. The van der Waals surface area contributed by atoms with Crippen LogP contribution in [0.15, 0.2) is 18.2 Å². The van der Waals surface area contributed by atoms with Crippen LogP contribution in [0.1, 0.15) is 24.4 Å². The van der Waals surface area contributed by atoms with E-state index in [1.807, 2.05) is 11.3 Å². The van der Waals surface area contributed by atoms with E-state index in [4.69, 9.17) is 4.98 Å². The second kappa shape index (κ2) is 4.93. The van der Waals surface area contributed by atoms with Gasteiger partial charge >= 0.3 is 0 Å². The highest BCUT2D eigenvalue weighted by molar-refractivity contribution is 7.18. The largest absolute Gasteiger partial charge is 0.314 e. The minimum absolute atomic E-state index is 0.505. The SMILES string of the molecule is CCNC(C)Cc1nc2c(C)cccc2s1. The minimum Gasteiger partial charge on any atom is -0.314 e. The van der Waals surface area contributed by atoms with E-state index >= 15 is 0 Å². The third kappa shape index (κ3) is 2.42. The number of likely N-dealkylation sites (N-methyl/N-ethyl adjacent to an activating group) is 1. The smallest absolute Gasteiger partial charge is 0.0954 e. The van der Waals surface area contributed by atoms with Crippen molar-refractivity contribution in [2.45, 2.75) is 33.2 Å². The number of aryl methyl sites for hydroxylation is 1. The average Bonchev–Trinajstić information content (AvgIpc) is 2.62. The molecule has 1 atom stereocenters. The summed E-state index contributed by atoms with van der Waals surface area (Å²) in [4.78, 5) is 4.71. The van der Waals surface area contributed by atoms with Gasteiger partial charge in [0.2, 0.25) is 0 Å². The normalized spacial score (nSPS) is 13.2. The Bertz CT molecular complexity index is 476. The summed E-state index contributed by atoms with van der Waals surface area (Å²) < 4.78 is 1.30. The fourth-order valence-corrected chi connectivity index (χ4v) is 3.08. The van der Waals surface area contributed by atoms with Crippen molar-refractivity contribution >= 4 is 21.6 Å². The van der Waals surface area contributed by atoms with Crippen LogP contribution in [0.4, 0.5) is 0 Å². The average molecular weight is 234 g/mol. The molecular weight excluding hydrogens is 216 g/mol. The fraction of sp³-hybridized carbons (Fsp3) is 0.462. The first kappa shape index (κ1) is 11.6. The van der Waals surface area contributed by atoms with Crippen molar-refractivity contribution in [2.24, 2.45) is 0 Å². The predicted molar refractivity (Wildman–Crippen MR) is 71.2 cm³/mol. The van der Waals surface area contributed by atoms with Crippen molar-refractivity contribution in [1.29, 1.82) is 0 Å². The van der Waals surface area contributed by atoms with Crippen LogP contribution >= 0.6 is 11.3 Å². The van der Waals surface area contributed by atoms with E-state index in [9.17, 15) is 0 Å². The van der Waals surface area contributed by atoms with Gasteiger partial charge in [0.1, 0.15) is 0 Å². The topological polar surface area (TPSA) is 24.9 Å². The van der Waals surface area contributed by atoms with Crippen molar-refractivity contribution < 1.29 is 0 Å².